The summed E-state index contributed by atoms with van der Waals surface area (Å²) in [6.07, 6.45) is 10.7. The van der Waals surface area contributed by atoms with Crippen LogP contribution < -0.4 is 5.62 Å². The first-order valence-electron chi connectivity index (χ1n) is 10.6. The molecule has 3 aromatic rings. The second-order valence-corrected chi connectivity index (χ2v) is 7.75. The molecule has 1 aliphatic carbocycles. The molecular formula is C26H23N3O3. The Morgan fingerprint density at radius 2 is 1.72 bits per heavy atom. The summed E-state index contributed by atoms with van der Waals surface area (Å²) in [6.45, 7) is 0.542. The molecule has 0 spiro atoms. The molecule has 2 aliphatic rings. The van der Waals surface area contributed by atoms with Crippen molar-refractivity contribution in [2.24, 2.45) is 0 Å². The summed E-state index contributed by atoms with van der Waals surface area (Å²) in [4.78, 5) is 13.1. The normalized spacial score (nSPS) is 15.4. The molecule has 1 N–H and O–H groups in total. The maximum Gasteiger partial charge on any atom is 0.220 e. The van der Waals surface area contributed by atoms with Crippen LogP contribution in [-0.2, 0) is 27.4 Å². The minimum absolute atomic E-state index is 0.0113. The van der Waals surface area contributed by atoms with Gasteiger partial charge in [-0.1, -0.05) is 60.7 Å². The van der Waals surface area contributed by atoms with Gasteiger partial charge in [0.1, 0.15) is 12.5 Å². The molecule has 2 heterocycles. The van der Waals surface area contributed by atoms with Crippen LogP contribution in [0, 0.1) is 5.41 Å². The van der Waals surface area contributed by atoms with Crippen LogP contribution in [0.25, 0.3) is 11.0 Å². The van der Waals surface area contributed by atoms with E-state index in [4.69, 9.17) is 14.9 Å². The van der Waals surface area contributed by atoms with Gasteiger partial charge in [-0.2, -0.15) is 0 Å². The lowest BCUT2D eigenvalue weighted by atomic mass is 10.0. The molecule has 0 fully saturated rings. The zero-order valence-electron chi connectivity index (χ0n) is 17.5. The van der Waals surface area contributed by atoms with E-state index in [9.17, 15) is 4.79 Å². The summed E-state index contributed by atoms with van der Waals surface area (Å²) in [5.41, 5.74) is 4.09. The van der Waals surface area contributed by atoms with E-state index in [1.807, 2.05) is 71.3 Å². The second kappa shape index (κ2) is 8.59. The highest BCUT2D eigenvalue weighted by molar-refractivity contribution is 5.94. The number of carbonyl (C=O) groups is 1. The van der Waals surface area contributed by atoms with E-state index in [0.29, 0.717) is 12.3 Å². The lowest BCUT2D eigenvalue weighted by Crippen LogP contribution is -2.28. The van der Waals surface area contributed by atoms with Crippen molar-refractivity contribution in [1.29, 1.82) is 5.41 Å². The number of carbonyl (C=O) groups excluding carboxylic acids is 1. The number of fused-ring (bicyclic) bond motifs is 1. The largest absolute Gasteiger partial charge is 0.465 e. The van der Waals surface area contributed by atoms with Crippen LogP contribution in [0.3, 0.4) is 0 Å². The molecule has 160 valence electrons. The minimum atomic E-state index is -0.247. The van der Waals surface area contributed by atoms with Crippen LogP contribution >= 0.6 is 0 Å². The third-order valence-electron chi connectivity index (χ3n) is 5.64. The average molecular weight is 425 g/mol. The Morgan fingerprint density at radius 3 is 2.47 bits per heavy atom. The lowest BCUT2D eigenvalue weighted by molar-refractivity contribution is -0.119. The first-order valence-corrected chi connectivity index (χ1v) is 10.6. The number of hydrogen-bond donors (Lipinski definition) is 1. The molecule has 6 nitrogen and oxygen atoms in total. The van der Waals surface area contributed by atoms with Crippen LogP contribution in [0.2, 0.25) is 0 Å². The Hall–Kier alpha value is -4.06. The van der Waals surface area contributed by atoms with Crippen molar-refractivity contribution in [1.82, 2.24) is 9.13 Å². The first kappa shape index (κ1) is 19.9. The molecule has 0 atom stereocenters. The van der Waals surface area contributed by atoms with Gasteiger partial charge in [0.2, 0.25) is 17.2 Å². The monoisotopic (exact) mass is 425 g/mol. The fraction of sp³-hybridized carbons (Fsp3) is 0.154. The van der Waals surface area contributed by atoms with Crippen LogP contribution in [-0.4, -0.2) is 14.9 Å². The number of hydrogen-bond acceptors (Lipinski definition) is 4. The molecule has 0 unspecified atom stereocenters. The van der Waals surface area contributed by atoms with Gasteiger partial charge in [-0.15, -0.1) is 0 Å². The predicted molar refractivity (Wildman–Crippen MR) is 121 cm³/mol. The molecule has 0 saturated heterocycles. The predicted octanol–water partition coefficient (Wildman–Crippen LogP) is 4.55. The zero-order valence-corrected chi connectivity index (χ0v) is 17.5. The van der Waals surface area contributed by atoms with E-state index >= 15 is 0 Å². The van der Waals surface area contributed by atoms with Gasteiger partial charge in [-0.05, 0) is 36.1 Å². The number of nitrogens with one attached hydrogen (secondary N) is 1. The topological polar surface area (TPSA) is 69.2 Å². The van der Waals surface area contributed by atoms with E-state index in [2.05, 4.69) is 6.08 Å². The minimum Gasteiger partial charge on any atom is -0.465 e. The number of Topliss-reactive ketones (excluding diaryl/α,β-unsaturated/α-hetero) is 1. The van der Waals surface area contributed by atoms with Crippen molar-refractivity contribution in [3.63, 3.8) is 0 Å². The van der Waals surface area contributed by atoms with Gasteiger partial charge in [0.05, 0.1) is 24.1 Å². The SMILES string of the molecule is N=c1n(CC(=O)C2=COC=C(C3=CC=CCC3)O2)c2ccccc2n1Cc1ccccc1. The van der Waals surface area contributed by atoms with Gasteiger partial charge in [0.15, 0.2) is 5.76 Å². The highest BCUT2D eigenvalue weighted by atomic mass is 16.5. The highest BCUT2D eigenvalue weighted by Crippen LogP contribution is 2.26. The number of ketones is 1. The third kappa shape index (κ3) is 3.83. The van der Waals surface area contributed by atoms with Crippen molar-refractivity contribution in [3.05, 3.63) is 114 Å². The van der Waals surface area contributed by atoms with Gasteiger partial charge in [0, 0.05) is 0 Å². The molecule has 0 saturated carbocycles. The van der Waals surface area contributed by atoms with Crippen molar-refractivity contribution in [2.45, 2.75) is 25.9 Å². The number of imidazole rings is 1. The van der Waals surface area contributed by atoms with Crippen molar-refractivity contribution >= 4 is 16.8 Å². The Labute approximate surface area is 185 Å². The van der Waals surface area contributed by atoms with E-state index in [1.54, 1.807) is 4.57 Å². The van der Waals surface area contributed by atoms with Gasteiger partial charge < -0.3 is 18.6 Å². The highest BCUT2D eigenvalue weighted by Gasteiger charge is 2.22. The standard InChI is InChI=1S/C26H23N3O3/c27-26-28(15-19-9-3-1-4-10-19)21-13-7-8-14-22(21)29(26)16-23(30)25-18-31-17-24(32-25)20-11-5-2-6-12-20/h1-5,7-11,13-14,17-18,27H,6,12,15-16H2. The van der Waals surface area contributed by atoms with Crippen LogP contribution in [0.1, 0.15) is 18.4 Å². The molecule has 0 radical (unpaired) electrons. The molecule has 2 aromatic carbocycles. The maximum absolute atomic E-state index is 13.1. The average Bonchev–Trinajstić information content (AvgIpc) is 3.11. The fourth-order valence-electron chi connectivity index (χ4n) is 4.00. The Balaban J connectivity index is 1.42. The maximum atomic E-state index is 13.1. The molecule has 5 rings (SSSR count). The third-order valence-corrected chi connectivity index (χ3v) is 5.64. The number of para-hydroxylation sites is 2. The zero-order chi connectivity index (χ0) is 21.9. The Morgan fingerprint density at radius 1 is 0.969 bits per heavy atom. The molecule has 1 aliphatic heterocycles. The number of allylic oxidation sites excluding steroid dienone is 5. The van der Waals surface area contributed by atoms with E-state index in [-0.39, 0.29) is 23.7 Å². The summed E-state index contributed by atoms with van der Waals surface area (Å²) in [6, 6.07) is 17.8. The van der Waals surface area contributed by atoms with E-state index < -0.39 is 0 Å². The van der Waals surface area contributed by atoms with Gasteiger partial charge in [-0.25, -0.2) is 0 Å². The second-order valence-electron chi connectivity index (χ2n) is 7.75. The van der Waals surface area contributed by atoms with Gasteiger partial charge >= 0.3 is 0 Å². The lowest BCUT2D eigenvalue weighted by Gasteiger charge is -2.19. The summed E-state index contributed by atoms with van der Waals surface area (Å²) in [7, 11) is 0. The number of aromatic nitrogens is 2. The molecule has 0 amide bonds. The van der Waals surface area contributed by atoms with Gasteiger partial charge in [0.25, 0.3) is 0 Å². The molecule has 0 bridgehead atoms. The van der Waals surface area contributed by atoms with Crippen LogP contribution in [0.5, 0.6) is 0 Å². The smallest absolute Gasteiger partial charge is 0.220 e. The number of ether oxygens (including phenoxy) is 2. The van der Waals surface area contributed by atoms with E-state index in [1.165, 1.54) is 12.5 Å². The van der Waals surface area contributed by atoms with Crippen LogP contribution in [0.4, 0.5) is 0 Å². The summed E-state index contributed by atoms with van der Waals surface area (Å²) < 4.78 is 14.9. The number of rotatable bonds is 6. The molecule has 1 aromatic heterocycles. The Kier molecular flexibility index (Phi) is 5.34. The molecule has 32 heavy (non-hydrogen) atoms. The van der Waals surface area contributed by atoms with Crippen molar-refractivity contribution < 1.29 is 14.3 Å². The van der Waals surface area contributed by atoms with Crippen molar-refractivity contribution in [2.75, 3.05) is 0 Å². The number of benzene rings is 2. The summed E-state index contributed by atoms with van der Waals surface area (Å²) in [5.74, 6) is 0.455. The first-order chi connectivity index (χ1) is 15.7. The Bertz CT molecular complexity index is 1350. The summed E-state index contributed by atoms with van der Waals surface area (Å²) in [5, 5.41) is 8.79. The van der Waals surface area contributed by atoms with E-state index in [0.717, 1.165) is 35.0 Å². The summed E-state index contributed by atoms with van der Waals surface area (Å²) >= 11 is 0. The fourth-order valence-corrected chi connectivity index (χ4v) is 4.00. The molecular weight excluding hydrogens is 402 g/mol. The number of nitrogens with zero attached hydrogens (tertiary/aromatic N) is 2. The molecule has 6 heteroatoms. The quantitative estimate of drug-likeness (QED) is 0.630. The van der Waals surface area contributed by atoms with Gasteiger partial charge in [-0.3, -0.25) is 10.2 Å². The van der Waals surface area contributed by atoms with Crippen LogP contribution in [0.15, 0.2) is 102 Å². The van der Waals surface area contributed by atoms with Crippen molar-refractivity contribution in [3.8, 4) is 0 Å².